The molecule has 4 heteroatoms. The number of anilines is 2. The van der Waals surface area contributed by atoms with Gasteiger partial charge >= 0.3 is 0 Å². The topological polar surface area (TPSA) is 52.6 Å². The van der Waals surface area contributed by atoms with Gasteiger partial charge in [0.1, 0.15) is 5.75 Å². The first-order chi connectivity index (χ1) is 11.1. The van der Waals surface area contributed by atoms with E-state index in [-0.39, 0.29) is 11.7 Å². The maximum Gasteiger partial charge on any atom is 0.256 e. The SMILES string of the molecule is CCN(CC)c1ccc(C=C2C(=O)Nc3ccccc32)c(O)c1. The Balaban J connectivity index is 1.99. The van der Waals surface area contributed by atoms with Crippen molar-refractivity contribution in [1.82, 2.24) is 0 Å². The minimum absolute atomic E-state index is 0.140. The van der Waals surface area contributed by atoms with Crippen LogP contribution in [0.1, 0.15) is 25.0 Å². The van der Waals surface area contributed by atoms with Crippen molar-refractivity contribution in [3.8, 4) is 5.75 Å². The fourth-order valence-corrected chi connectivity index (χ4v) is 2.88. The lowest BCUT2D eigenvalue weighted by Gasteiger charge is -2.21. The van der Waals surface area contributed by atoms with Gasteiger partial charge in [-0.2, -0.15) is 0 Å². The molecular formula is C19H20N2O2. The van der Waals surface area contributed by atoms with Crippen LogP contribution in [0.15, 0.2) is 42.5 Å². The van der Waals surface area contributed by atoms with Gasteiger partial charge in [0.05, 0.1) is 0 Å². The van der Waals surface area contributed by atoms with Crippen molar-refractivity contribution >= 4 is 28.9 Å². The minimum Gasteiger partial charge on any atom is -0.507 e. The maximum atomic E-state index is 12.1. The Kier molecular flexibility index (Phi) is 4.06. The molecule has 0 bridgehead atoms. The summed E-state index contributed by atoms with van der Waals surface area (Å²) in [6, 6.07) is 13.1. The third kappa shape index (κ3) is 2.80. The highest BCUT2D eigenvalue weighted by Crippen LogP contribution is 2.35. The summed E-state index contributed by atoms with van der Waals surface area (Å²) < 4.78 is 0. The molecule has 0 saturated carbocycles. The first-order valence-electron chi connectivity index (χ1n) is 7.84. The molecule has 0 unspecified atom stereocenters. The highest BCUT2D eigenvalue weighted by Gasteiger charge is 2.23. The van der Waals surface area contributed by atoms with Crippen LogP contribution in [0.2, 0.25) is 0 Å². The molecule has 4 nitrogen and oxygen atoms in total. The summed E-state index contributed by atoms with van der Waals surface area (Å²) in [5, 5.41) is 13.2. The summed E-state index contributed by atoms with van der Waals surface area (Å²) in [6.45, 7) is 5.92. The molecule has 1 aliphatic heterocycles. The Hall–Kier alpha value is -2.75. The van der Waals surface area contributed by atoms with Crippen LogP contribution in [0.25, 0.3) is 11.6 Å². The molecule has 3 rings (SSSR count). The molecule has 23 heavy (non-hydrogen) atoms. The van der Waals surface area contributed by atoms with Gasteiger partial charge in [0.25, 0.3) is 5.91 Å². The van der Waals surface area contributed by atoms with Crippen molar-refractivity contribution in [2.75, 3.05) is 23.3 Å². The predicted molar refractivity (Wildman–Crippen MR) is 94.6 cm³/mol. The first kappa shape index (κ1) is 15.2. The van der Waals surface area contributed by atoms with Crippen LogP contribution >= 0.6 is 0 Å². The molecule has 0 radical (unpaired) electrons. The van der Waals surface area contributed by atoms with Crippen LogP contribution in [0.5, 0.6) is 5.75 Å². The molecule has 0 spiro atoms. The number of carbonyl (C=O) groups excluding carboxylic acids is 1. The van der Waals surface area contributed by atoms with Gasteiger partial charge in [-0.15, -0.1) is 0 Å². The number of phenolic OH excluding ortho intramolecular Hbond substituents is 1. The highest BCUT2D eigenvalue weighted by molar-refractivity contribution is 6.35. The Bertz CT molecular complexity index is 777. The number of hydrogen-bond donors (Lipinski definition) is 2. The molecule has 2 N–H and O–H groups in total. The van der Waals surface area contributed by atoms with E-state index in [1.807, 2.05) is 36.4 Å². The van der Waals surface area contributed by atoms with Crippen LogP contribution in [0.4, 0.5) is 11.4 Å². The van der Waals surface area contributed by atoms with Crippen molar-refractivity contribution in [3.63, 3.8) is 0 Å². The van der Waals surface area contributed by atoms with E-state index in [1.165, 1.54) is 0 Å². The summed E-state index contributed by atoms with van der Waals surface area (Å²) in [6.07, 6.45) is 1.74. The first-order valence-corrected chi connectivity index (χ1v) is 7.84. The lowest BCUT2D eigenvalue weighted by atomic mass is 10.0. The smallest absolute Gasteiger partial charge is 0.256 e. The molecule has 1 amide bonds. The number of nitrogens with one attached hydrogen (secondary N) is 1. The number of carbonyl (C=O) groups is 1. The monoisotopic (exact) mass is 308 g/mol. The summed E-state index contributed by atoms with van der Waals surface area (Å²) in [7, 11) is 0. The molecule has 0 atom stereocenters. The second-order valence-corrected chi connectivity index (χ2v) is 5.47. The zero-order valence-electron chi connectivity index (χ0n) is 13.3. The molecule has 2 aromatic rings. The molecular weight excluding hydrogens is 288 g/mol. The number of benzene rings is 2. The molecule has 0 saturated heterocycles. The van der Waals surface area contributed by atoms with Crippen molar-refractivity contribution in [1.29, 1.82) is 0 Å². The van der Waals surface area contributed by atoms with Crippen LogP contribution < -0.4 is 10.2 Å². The number of fused-ring (bicyclic) bond motifs is 1. The second kappa shape index (κ2) is 6.16. The van der Waals surface area contributed by atoms with Crippen LogP contribution in [-0.2, 0) is 4.79 Å². The van der Waals surface area contributed by atoms with Crippen LogP contribution in [0, 0.1) is 0 Å². The van der Waals surface area contributed by atoms with E-state index in [0.717, 1.165) is 30.0 Å². The lowest BCUT2D eigenvalue weighted by Crippen LogP contribution is -2.21. The Morgan fingerprint density at radius 3 is 2.57 bits per heavy atom. The summed E-state index contributed by atoms with van der Waals surface area (Å²) >= 11 is 0. The summed E-state index contributed by atoms with van der Waals surface area (Å²) in [4.78, 5) is 14.3. The predicted octanol–water partition coefficient (Wildman–Crippen LogP) is 3.73. The van der Waals surface area contributed by atoms with E-state index in [9.17, 15) is 9.90 Å². The molecule has 0 fully saturated rings. The zero-order valence-corrected chi connectivity index (χ0v) is 13.3. The largest absolute Gasteiger partial charge is 0.507 e. The lowest BCUT2D eigenvalue weighted by molar-refractivity contribution is -0.110. The molecule has 2 aromatic carbocycles. The summed E-state index contributed by atoms with van der Waals surface area (Å²) in [5.41, 5.74) is 3.87. The van der Waals surface area contributed by atoms with Gasteiger partial charge in [-0.1, -0.05) is 18.2 Å². The van der Waals surface area contributed by atoms with E-state index < -0.39 is 0 Å². The Morgan fingerprint density at radius 1 is 1.13 bits per heavy atom. The van der Waals surface area contributed by atoms with Crippen molar-refractivity contribution in [2.24, 2.45) is 0 Å². The normalized spacial score (nSPS) is 14.7. The van der Waals surface area contributed by atoms with E-state index in [0.29, 0.717) is 11.1 Å². The standard InChI is InChI=1S/C19H20N2O2/c1-3-21(4-2)14-10-9-13(18(22)12-14)11-16-15-7-5-6-8-17(15)20-19(16)23/h5-12,22H,3-4H2,1-2H3,(H,20,23). The number of para-hydroxylation sites is 1. The number of hydrogen-bond acceptors (Lipinski definition) is 3. The van der Waals surface area contributed by atoms with E-state index in [1.54, 1.807) is 12.1 Å². The zero-order chi connectivity index (χ0) is 16.4. The average molecular weight is 308 g/mol. The Labute approximate surface area is 136 Å². The Morgan fingerprint density at radius 2 is 1.87 bits per heavy atom. The third-order valence-corrected chi connectivity index (χ3v) is 4.15. The van der Waals surface area contributed by atoms with Gasteiger partial charge in [0, 0.05) is 47.2 Å². The molecule has 118 valence electrons. The van der Waals surface area contributed by atoms with Crippen molar-refractivity contribution < 1.29 is 9.90 Å². The van der Waals surface area contributed by atoms with Gasteiger partial charge in [-0.25, -0.2) is 0 Å². The van der Waals surface area contributed by atoms with E-state index >= 15 is 0 Å². The van der Waals surface area contributed by atoms with E-state index in [4.69, 9.17) is 0 Å². The van der Waals surface area contributed by atoms with Gasteiger partial charge < -0.3 is 15.3 Å². The molecule has 1 heterocycles. The number of rotatable bonds is 4. The average Bonchev–Trinajstić information content (AvgIpc) is 2.87. The molecule has 1 aliphatic rings. The number of aromatic hydroxyl groups is 1. The van der Waals surface area contributed by atoms with Gasteiger partial charge in [0.15, 0.2) is 0 Å². The fourth-order valence-electron chi connectivity index (χ4n) is 2.88. The van der Waals surface area contributed by atoms with Gasteiger partial charge in [-0.05, 0) is 38.1 Å². The van der Waals surface area contributed by atoms with Crippen molar-refractivity contribution in [2.45, 2.75) is 13.8 Å². The van der Waals surface area contributed by atoms with Gasteiger partial charge in [-0.3, -0.25) is 4.79 Å². The third-order valence-electron chi connectivity index (χ3n) is 4.15. The van der Waals surface area contributed by atoms with Crippen molar-refractivity contribution in [3.05, 3.63) is 53.6 Å². The molecule has 0 aromatic heterocycles. The van der Waals surface area contributed by atoms with Crippen LogP contribution in [-0.4, -0.2) is 24.1 Å². The highest BCUT2D eigenvalue weighted by atomic mass is 16.3. The quantitative estimate of drug-likeness (QED) is 0.846. The van der Waals surface area contributed by atoms with E-state index in [2.05, 4.69) is 24.1 Å². The second-order valence-electron chi connectivity index (χ2n) is 5.47. The summed E-state index contributed by atoms with van der Waals surface area (Å²) in [5.74, 6) is 0.0394. The molecule has 0 aliphatic carbocycles. The van der Waals surface area contributed by atoms with Gasteiger partial charge in [0.2, 0.25) is 0 Å². The maximum absolute atomic E-state index is 12.1. The number of phenols is 1. The van der Waals surface area contributed by atoms with Crippen LogP contribution in [0.3, 0.4) is 0 Å². The number of nitrogens with zero attached hydrogens (tertiary/aromatic N) is 1. The fraction of sp³-hybridized carbons (Fsp3) is 0.211. The minimum atomic E-state index is -0.140. The number of amides is 1.